The predicted octanol–water partition coefficient (Wildman–Crippen LogP) is 6.92. The maximum atomic E-state index is 13.0. The fraction of sp³-hybridized carbons (Fsp3) is 0.765. The Balaban J connectivity index is 0.812. The summed E-state index contributed by atoms with van der Waals surface area (Å²) in [7, 11) is 0. The van der Waals surface area contributed by atoms with Crippen LogP contribution in [0.25, 0.3) is 0 Å². The number of nitrogens with one attached hydrogen (secondary N) is 2. The van der Waals surface area contributed by atoms with Crippen molar-refractivity contribution in [2.24, 2.45) is 35.5 Å². The van der Waals surface area contributed by atoms with E-state index in [4.69, 9.17) is 24.4 Å². The molecule has 4 amide bonds. The summed E-state index contributed by atoms with van der Waals surface area (Å²) in [4.78, 5) is 56.9. The summed E-state index contributed by atoms with van der Waals surface area (Å²) in [5, 5.41) is 6.46. The highest BCUT2D eigenvalue weighted by Crippen LogP contribution is 2.57. The second-order valence-corrected chi connectivity index (χ2v) is 18.7. The maximum Gasteiger partial charge on any atom is 0.291 e. The molecule has 0 unspecified atom stereocenters. The van der Waals surface area contributed by atoms with Gasteiger partial charge in [0, 0.05) is 37.0 Å². The second-order valence-electron chi connectivity index (χ2n) is 16.0. The number of nitrogens with zero attached hydrogens (tertiary/aromatic N) is 2. The van der Waals surface area contributed by atoms with Gasteiger partial charge in [-0.25, -0.2) is 0 Å². The van der Waals surface area contributed by atoms with Gasteiger partial charge in [-0.1, -0.05) is 24.4 Å². The van der Waals surface area contributed by atoms with Crippen LogP contribution in [0, 0.1) is 35.5 Å². The monoisotopic (exact) mass is 700 g/mol. The quantitative estimate of drug-likeness (QED) is 0.187. The average molecular weight is 701 g/mol. The summed E-state index contributed by atoms with van der Waals surface area (Å²) in [5.74, 6) is 4.78. The van der Waals surface area contributed by atoms with Crippen molar-refractivity contribution >= 4 is 80.2 Å². The highest BCUT2D eigenvalue weighted by molar-refractivity contribution is 8.23. The first kappa shape index (κ1) is 31.7. The molecule has 0 aromatic rings. The van der Waals surface area contributed by atoms with Crippen molar-refractivity contribution in [1.82, 2.24) is 20.4 Å². The molecule has 0 aromatic carbocycles. The van der Waals surface area contributed by atoms with Gasteiger partial charge in [0.2, 0.25) is 11.8 Å². The van der Waals surface area contributed by atoms with Gasteiger partial charge in [-0.2, -0.15) is 0 Å². The van der Waals surface area contributed by atoms with Crippen molar-refractivity contribution in [3.8, 4) is 0 Å². The Bertz CT molecular complexity index is 1250. The van der Waals surface area contributed by atoms with Crippen LogP contribution in [0.2, 0.25) is 0 Å². The largest absolute Gasteiger partial charge is 0.351 e. The molecule has 8 aliphatic carbocycles. The third kappa shape index (κ3) is 5.99. The third-order valence-electron chi connectivity index (χ3n) is 12.4. The van der Waals surface area contributed by atoms with Gasteiger partial charge < -0.3 is 10.6 Å². The molecule has 10 aliphatic rings. The molecule has 8 nitrogen and oxygen atoms in total. The minimum Gasteiger partial charge on any atom is -0.351 e. The Morgan fingerprint density at radius 3 is 1.22 bits per heavy atom. The lowest BCUT2D eigenvalue weighted by molar-refractivity contribution is -0.127. The second kappa shape index (κ2) is 12.1. The van der Waals surface area contributed by atoms with Gasteiger partial charge in [-0.3, -0.25) is 29.0 Å². The van der Waals surface area contributed by atoms with Gasteiger partial charge in [0.1, 0.15) is 9.98 Å². The summed E-state index contributed by atoms with van der Waals surface area (Å²) in [6.07, 6.45) is 16.5. The molecule has 2 saturated heterocycles. The molecular formula is C34H44N4O4S4. The van der Waals surface area contributed by atoms with E-state index in [0.717, 1.165) is 97.6 Å². The van der Waals surface area contributed by atoms with Crippen LogP contribution in [0.4, 0.5) is 9.59 Å². The molecule has 0 atom stereocenters. The molecule has 8 saturated carbocycles. The van der Waals surface area contributed by atoms with Gasteiger partial charge in [-0.15, -0.1) is 0 Å². The highest BCUT2D eigenvalue weighted by atomic mass is 32.2. The molecule has 12 heteroatoms. The summed E-state index contributed by atoms with van der Waals surface area (Å²) >= 11 is 13.5. The number of hydrogen-bond acceptors (Lipinski definition) is 8. The van der Waals surface area contributed by atoms with Crippen LogP contribution in [0.15, 0.2) is 9.81 Å². The summed E-state index contributed by atoms with van der Waals surface area (Å²) in [6, 6.07) is 0. The first-order valence-electron chi connectivity index (χ1n) is 17.5. The lowest BCUT2D eigenvalue weighted by atomic mass is 9.53. The van der Waals surface area contributed by atoms with E-state index in [1.54, 1.807) is 9.80 Å². The standard InChI is InChI=1S/C34H44N4O4S4/c39-25(35-33-13-19-7-20(14-33)9-21(8-19)15-33)3-1-5-37-29(43)27(45-31(37)41)28-30(44)38(32(42)46-28)6-2-4-26(40)36-34-16-22-10-23(17-34)12-24(11-22)18-34/h19-24H,1-18H2,(H,35,39)(H,36,40)/b28-27+. The molecule has 2 N–H and O–H groups in total. The Morgan fingerprint density at radius 1 is 0.609 bits per heavy atom. The zero-order chi connectivity index (χ0) is 31.8. The summed E-state index contributed by atoms with van der Waals surface area (Å²) < 4.78 is 0. The first-order chi connectivity index (χ1) is 22.1. The van der Waals surface area contributed by atoms with Gasteiger partial charge in [-0.05, 0) is 149 Å². The van der Waals surface area contributed by atoms with Crippen molar-refractivity contribution in [3.05, 3.63) is 9.81 Å². The van der Waals surface area contributed by atoms with E-state index >= 15 is 0 Å². The van der Waals surface area contributed by atoms with E-state index in [9.17, 15) is 19.2 Å². The van der Waals surface area contributed by atoms with E-state index in [1.807, 2.05) is 0 Å². The van der Waals surface area contributed by atoms with Crippen LogP contribution in [-0.4, -0.2) is 66.2 Å². The first-order valence-corrected chi connectivity index (χ1v) is 19.9. The number of thiocarbonyl (C=S) groups is 2. The normalized spacial score (nSPS) is 40.5. The van der Waals surface area contributed by atoms with E-state index in [1.165, 1.54) is 38.5 Å². The Labute approximate surface area is 290 Å². The van der Waals surface area contributed by atoms with E-state index in [-0.39, 0.29) is 33.4 Å². The number of carbonyl (C=O) groups is 4. The molecule has 8 bridgehead atoms. The van der Waals surface area contributed by atoms with Crippen molar-refractivity contribution in [2.75, 3.05) is 13.1 Å². The highest BCUT2D eigenvalue weighted by Gasteiger charge is 2.52. The lowest BCUT2D eigenvalue weighted by Gasteiger charge is -2.57. The Hall–Kier alpha value is -1.50. The molecule has 2 aliphatic heterocycles. The van der Waals surface area contributed by atoms with Gasteiger partial charge >= 0.3 is 0 Å². The summed E-state index contributed by atoms with van der Waals surface area (Å²) in [5.41, 5.74) is -0.0197. The third-order valence-corrected chi connectivity index (χ3v) is 15.6. The van der Waals surface area contributed by atoms with Gasteiger partial charge in [0.25, 0.3) is 10.5 Å². The minimum atomic E-state index is -0.190. The van der Waals surface area contributed by atoms with Crippen LogP contribution in [0.3, 0.4) is 0 Å². The maximum absolute atomic E-state index is 13.0. The number of hydrogen-bond donors (Lipinski definition) is 2. The Kier molecular flexibility index (Phi) is 8.37. The van der Waals surface area contributed by atoms with Crippen molar-refractivity contribution < 1.29 is 19.2 Å². The number of rotatable bonds is 10. The van der Waals surface area contributed by atoms with Crippen molar-refractivity contribution in [2.45, 2.75) is 114 Å². The van der Waals surface area contributed by atoms with Crippen molar-refractivity contribution in [3.63, 3.8) is 0 Å². The molecule has 0 radical (unpaired) electrons. The van der Waals surface area contributed by atoms with Crippen LogP contribution in [0.5, 0.6) is 0 Å². The van der Waals surface area contributed by atoms with E-state index < -0.39 is 0 Å². The van der Waals surface area contributed by atoms with Crippen LogP contribution < -0.4 is 10.6 Å². The van der Waals surface area contributed by atoms with Gasteiger partial charge in [0.05, 0.1) is 9.81 Å². The van der Waals surface area contributed by atoms with E-state index in [2.05, 4.69) is 10.6 Å². The van der Waals surface area contributed by atoms with Gasteiger partial charge in [0.15, 0.2) is 0 Å². The summed E-state index contributed by atoms with van der Waals surface area (Å²) in [6.45, 7) is 0.730. The SMILES string of the molecule is O=C(CCCN1C(=O)S/C(=C2/SC(=O)N(CCCC(=O)NC34CC5CC(CC(C5)C3)C4)C2=S)C1=S)NC12CC3CC(CC(C3)C1)C2. The molecule has 0 spiro atoms. The zero-order valence-corrected chi connectivity index (χ0v) is 29.6. The molecule has 0 aromatic heterocycles. The molecular weight excluding hydrogens is 657 g/mol. The van der Waals surface area contributed by atoms with Crippen LogP contribution >= 0.6 is 48.0 Å². The topological polar surface area (TPSA) is 98.8 Å². The minimum absolute atomic E-state index is 0.00985. The van der Waals surface area contributed by atoms with Crippen LogP contribution in [-0.2, 0) is 9.59 Å². The zero-order valence-electron chi connectivity index (χ0n) is 26.4. The van der Waals surface area contributed by atoms with E-state index in [0.29, 0.717) is 58.6 Å². The molecule has 2 heterocycles. The smallest absolute Gasteiger partial charge is 0.291 e. The Morgan fingerprint density at radius 2 is 0.913 bits per heavy atom. The molecule has 248 valence electrons. The predicted molar refractivity (Wildman–Crippen MR) is 188 cm³/mol. The fourth-order valence-electron chi connectivity index (χ4n) is 11.5. The molecule has 46 heavy (non-hydrogen) atoms. The molecule has 10 rings (SSSR count). The number of carbonyl (C=O) groups excluding carboxylic acids is 4. The number of thioether (sulfide) groups is 2. The average Bonchev–Trinajstić information content (AvgIpc) is 3.39. The van der Waals surface area contributed by atoms with Crippen molar-refractivity contribution in [1.29, 1.82) is 0 Å². The van der Waals surface area contributed by atoms with Crippen LogP contribution in [0.1, 0.15) is 103 Å². The number of amides is 4. The molecule has 10 fully saturated rings. The lowest BCUT2D eigenvalue weighted by Crippen LogP contribution is -2.59. The fourth-order valence-corrected chi connectivity index (χ4v) is 14.5.